The Morgan fingerprint density at radius 2 is 1.78 bits per heavy atom. The molecule has 1 amide bonds. The van der Waals surface area contributed by atoms with Crippen molar-refractivity contribution in [2.24, 2.45) is 0 Å². The zero-order chi connectivity index (χ0) is 22.1. The van der Waals surface area contributed by atoms with Crippen LogP contribution in [0.25, 0.3) is 0 Å². The van der Waals surface area contributed by atoms with Gasteiger partial charge in [-0.25, -0.2) is 15.0 Å². The fourth-order valence-electron chi connectivity index (χ4n) is 4.26. The lowest BCUT2D eigenvalue weighted by atomic mass is 10.1. The van der Waals surface area contributed by atoms with Crippen LogP contribution in [-0.4, -0.2) is 45.5 Å². The number of aryl methyl sites for hydroxylation is 2. The summed E-state index contributed by atoms with van der Waals surface area (Å²) in [4.78, 5) is 28.9. The number of amides is 1. The Morgan fingerprint density at radius 3 is 2.59 bits per heavy atom. The lowest BCUT2D eigenvalue weighted by Gasteiger charge is -2.25. The van der Waals surface area contributed by atoms with Crippen LogP contribution in [0.5, 0.6) is 11.5 Å². The van der Waals surface area contributed by atoms with E-state index in [1.807, 2.05) is 43.0 Å². The second-order valence-corrected chi connectivity index (χ2v) is 8.06. The first-order valence-corrected chi connectivity index (χ1v) is 10.8. The molecule has 4 heterocycles. The number of carbonyl (C=O) groups excluding carboxylic acids is 1. The highest BCUT2D eigenvalue weighted by Gasteiger charge is 2.32. The molecule has 0 spiro atoms. The van der Waals surface area contributed by atoms with Gasteiger partial charge >= 0.3 is 0 Å². The Labute approximate surface area is 186 Å². The number of carbonyl (C=O) groups is 1. The summed E-state index contributed by atoms with van der Waals surface area (Å²) in [7, 11) is 0. The van der Waals surface area contributed by atoms with Gasteiger partial charge in [-0.15, -0.1) is 0 Å². The van der Waals surface area contributed by atoms with Crippen LogP contribution >= 0.6 is 0 Å². The van der Waals surface area contributed by atoms with Gasteiger partial charge in [0.05, 0.1) is 11.7 Å². The van der Waals surface area contributed by atoms with Gasteiger partial charge in [-0.2, -0.15) is 0 Å². The van der Waals surface area contributed by atoms with Crippen molar-refractivity contribution in [3.63, 3.8) is 0 Å². The predicted octanol–water partition coefficient (Wildman–Crippen LogP) is 3.98. The van der Waals surface area contributed by atoms with E-state index < -0.39 is 0 Å². The molecule has 1 fully saturated rings. The highest BCUT2D eigenvalue weighted by atomic mass is 16.6. The van der Waals surface area contributed by atoms with Gasteiger partial charge in [-0.1, -0.05) is 6.07 Å². The number of anilines is 2. The molecule has 164 valence electrons. The number of nitrogens with one attached hydrogen (secondary N) is 1. The van der Waals surface area contributed by atoms with Gasteiger partial charge in [0.2, 0.25) is 5.95 Å². The number of aromatic nitrogens is 3. The average molecular weight is 431 g/mol. The third-order valence-electron chi connectivity index (χ3n) is 5.64. The summed E-state index contributed by atoms with van der Waals surface area (Å²) in [5, 5.41) is 3.19. The molecule has 0 bridgehead atoms. The topological polar surface area (TPSA) is 89.5 Å². The van der Waals surface area contributed by atoms with Gasteiger partial charge in [-0.3, -0.25) is 4.79 Å². The summed E-state index contributed by atoms with van der Waals surface area (Å²) in [5.74, 6) is 2.45. The summed E-state index contributed by atoms with van der Waals surface area (Å²) in [6.45, 7) is 5.58. The standard InChI is InChI=1S/C24H25N5O3/c1-15-13-16(2)26-24(25-15)28-22-7-3-5-18(27-22)19-6-4-10-29(19)23(30)17-8-9-20-21(14-17)32-12-11-31-20/h3,5,7-9,13-14,19H,4,6,10-12H2,1-2H3,(H,25,26,27,28). The largest absolute Gasteiger partial charge is 0.486 e. The van der Waals surface area contributed by atoms with Crippen LogP contribution in [0.15, 0.2) is 42.5 Å². The number of hydrogen-bond acceptors (Lipinski definition) is 7. The van der Waals surface area contributed by atoms with E-state index in [2.05, 4.69) is 15.3 Å². The van der Waals surface area contributed by atoms with Crippen molar-refractivity contribution in [1.29, 1.82) is 0 Å². The second kappa shape index (κ2) is 8.45. The van der Waals surface area contributed by atoms with E-state index in [4.69, 9.17) is 14.5 Å². The van der Waals surface area contributed by atoms with Crippen LogP contribution in [-0.2, 0) is 0 Å². The molecule has 3 aromatic rings. The molecule has 0 radical (unpaired) electrons. The first kappa shape index (κ1) is 20.2. The molecule has 0 aliphatic carbocycles. The Balaban J connectivity index is 1.37. The molecule has 2 aromatic heterocycles. The van der Waals surface area contributed by atoms with Crippen molar-refractivity contribution in [2.45, 2.75) is 32.7 Å². The van der Waals surface area contributed by atoms with Crippen molar-refractivity contribution in [2.75, 3.05) is 25.1 Å². The highest BCUT2D eigenvalue weighted by Crippen LogP contribution is 2.35. The fourth-order valence-corrected chi connectivity index (χ4v) is 4.26. The van der Waals surface area contributed by atoms with Gasteiger partial charge in [0.25, 0.3) is 5.91 Å². The fraction of sp³-hybridized carbons (Fsp3) is 0.333. The molecule has 32 heavy (non-hydrogen) atoms. The maximum atomic E-state index is 13.3. The van der Waals surface area contributed by atoms with Crippen LogP contribution in [0.4, 0.5) is 11.8 Å². The first-order valence-electron chi connectivity index (χ1n) is 10.8. The van der Waals surface area contributed by atoms with Gasteiger partial charge in [0.15, 0.2) is 11.5 Å². The number of rotatable bonds is 4. The molecule has 2 aliphatic heterocycles. The number of ether oxygens (including phenoxy) is 2. The predicted molar refractivity (Wildman–Crippen MR) is 119 cm³/mol. The molecule has 5 rings (SSSR count). The second-order valence-electron chi connectivity index (χ2n) is 8.06. The average Bonchev–Trinajstić information content (AvgIpc) is 3.28. The SMILES string of the molecule is Cc1cc(C)nc(Nc2cccc(C3CCCN3C(=O)c3ccc4c(c3)OCCO4)n2)n1. The van der Waals surface area contributed by atoms with Gasteiger partial charge in [0, 0.05) is 23.5 Å². The van der Waals surface area contributed by atoms with Crippen molar-refractivity contribution < 1.29 is 14.3 Å². The lowest BCUT2D eigenvalue weighted by Crippen LogP contribution is -2.31. The number of pyridine rings is 1. The van der Waals surface area contributed by atoms with E-state index in [0.29, 0.717) is 48.6 Å². The molecule has 1 unspecified atom stereocenters. The summed E-state index contributed by atoms with van der Waals surface area (Å²) in [6.07, 6.45) is 1.80. The summed E-state index contributed by atoms with van der Waals surface area (Å²) in [5.41, 5.74) is 3.23. The number of benzene rings is 1. The number of nitrogens with zero attached hydrogens (tertiary/aromatic N) is 4. The monoisotopic (exact) mass is 431 g/mol. The van der Waals surface area contributed by atoms with Crippen molar-refractivity contribution >= 4 is 17.7 Å². The minimum absolute atomic E-state index is 0.0257. The Bertz CT molecular complexity index is 1150. The molecular weight excluding hydrogens is 406 g/mol. The molecule has 0 saturated carbocycles. The molecule has 1 atom stereocenters. The number of fused-ring (bicyclic) bond motifs is 1. The quantitative estimate of drug-likeness (QED) is 0.668. The summed E-state index contributed by atoms with van der Waals surface area (Å²) in [6, 6.07) is 13.0. The zero-order valence-corrected chi connectivity index (χ0v) is 18.2. The van der Waals surface area contributed by atoms with Gasteiger partial charge in [-0.05, 0) is 63.1 Å². The third kappa shape index (κ3) is 4.08. The molecule has 1 saturated heterocycles. The Hall–Kier alpha value is -3.68. The maximum absolute atomic E-state index is 13.3. The van der Waals surface area contributed by atoms with E-state index in [-0.39, 0.29) is 11.9 Å². The van der Waals surface area contributed by atoms with Crippen LogP contribution in [0.2, 0.25) is 0 Å². The van der Waals surface area contributed by atoms with Crippen LogP contribution in [0.3, 0.4) is 0 Å². The summed E-state index contributed by atoms with van der Waals surface area (Å²) >= 11 is 0. The van der Waals surface area contributed by atoms with Crippen LogP contribution in [0, 0.1) is 13.8 Å². The molecule has 1 N–H and O–H groups in total. The molecule has 2 aliphatic rings. The van der Waals surface area contributed by atoms with Crippen molar-refractivity contribution in [3.05, 3.63) is 65.1 Å². The van der Waals surface area contributed by atoms with E-state index >= 15 is 0 Å². The van der Waals surface area contributed by atoms with E-state index in [1.165, 1.54) is 0 Å². The Morgan fingerprint density at radius 1 is 1.00 bits per heavy atom. The maximum Gasteiger partial charge on any atom is 0.254 e. The van der Waals surface area contributed by atoms with Gasteiger partial charge < -0.3 is 19.7 Å². The minimum Gasteiger partial charge on any atom is -0.486 e. The zero-order valence-electron chi connectivity index (χ0n) is 18.2. The Kier molecular flexibility index (Phi) is 5.34. The molecule has 1 aromatic carbocycles. The smallest absolute Gasteiger partial charge is 0.254 e. The normalized spacial score (nSPS) is 17.3. The van der Waals surface area contributed by atoms with Crippen molar-refractivity contribution in [1.82, 2.24) is 19.9 Å². The van der Waals surface area contributed by atoms with Crippen molar-refractivity contribution in [3.8, 4) is 11.5 Å². The highest BCUT2D eigenvalue weighted by molar-refractivity contribution is 5.95. The van der Waals surface area contributed by atoms with Gasteiger partial charge in [0.1, 0.15) is 19.0 Å². The van der Waals surface area contributed by atoms with Crippen LogP contribution in [0.1, 0.15) is 46.3 Å². The molecule has 8 heteroatoms. The molecular formula is C24H25N5O3. The lowest BCUT2D eigenvalue weighted by molar-refractivity contribution is 0.0732. The first-order chi connectivity index (χ1) is 15.6. The summed E-state index contributed by atoms with van der Waals surface area (Å²) < 4.78 is 11.2. The van der Waals surface area contributed by atoms with E-state index in [9.17, 15) is 4.79 Å². The molecule has 8 nitrogen and oxygen atoms in total. The van der Waals surface area contributed by atoms with E-state index in [1.54, 1.807) is 18.2 Å². The van der Waals surface area contributed by atoms with Crippen LogP contribution < -0.4 is 14.8 Å². The third-order valence-corrected chi connectivity index (χ3v) is 5.64. The number of hydrogen-bond donors (Lipinski definition) is 1. The van der Waals surface area contributed by atoms with E-state index in [0.717, 1.165) is 29.9 Å². The minimum atomic E-state index is -0.0855. The number of likely N-dealkylation sites (tertiary alicyclic amines) is 1.